The van der Waals surface area contributed by atoms with Crippen LogP contribution in [0.2, 0.25) is 5.02 Å². The van der Waals surface area contributed by atoms with Crippen molar-refractivity contribution in [1.29, 1.82) is 0 Å². The van der Waals surface area contributed by atoms with E-state index in [9.17, 15) is 4.79 Å². The molecule has 5 nitrogen and oxygen atoms in total. The van der Waals surface area contributed by atoms with E-state index in [1.165, 1.54) is 11.3 Å². The number of halogens is 1. The molecule has 2 heterocycles. The van der Waals surface area contributed by atoms with Crippen molar-refractivity contribution in [3.63, 3.8) is 0 Å². The molecule has 0 unspecified atom stereocenters. The molecule has 1 N–H and O–H groups in total. The van der Waals surface area contributed by atoms with E-state index in [-0.39, 0.29) is 5.91 Å². The van der Waals surface area contributed by atoms with Crippen LogP contribution in [0, 0.1) is 6.92 Å². The largest absolute Gasteiger partial charge is 0.306 e. The highest BCUT2D eigenvalue weighted by Gasteiger charge is 2.16. The van der Waals surface area contributed by atoms with Crippen LogP contribution in [0.15, 0.2) is 53.4 Å². The lowest BCUT2D eigenvalue weighted by Crippen LogP contribution is -2.15. The number of hydrogen-bond acceptors (Lipinski definition) is 5. The molecule has 28 heavy (non-hydrogen) atoms. The Morgan fingerprint density at radius 2 is 2.04 bits per heavy atom. The van der Waals surface area contributed by atoms with Gasteiger partial charge in [0.15, 0.2) is 0 Å². The first-order chi connectivity index (χ1) is 13.5. The number of nitrogens with one attached hydrogen (secondary N) is 1. The molecule has 0 bridgehead atoms. The zero-order valence-corrected chi connectivity index (χ0v) is 17.7. The summed E-state index contributed by atoms with van der Waals surface area (Å²) in [5.41, 5.74) is 2.12. The van der Waals surface area contributed by atoms with E-state index in [1.807, 2.05) is 55.5 Å². The van der Waals surface area contributed by atoms with Crippen LogP contribution in [0.3, 0.4) is 0 Å². The molecule has 0 saturated carbocycles. The van der Waals surface area contributed by atoms with E-state index in [2.05, 4.69) is 22.3 Å². The number of aryl methyl sites for hydroxylation is 1. The Morgan fingerprint density at radius 1 is 1.25 bits per heavy atom. The van der Waals surface area contributed by atoms with Crippen molar-refractivity contribution in [2.24, 2.45) is 0 Å². The van der Waals surface area contributed by atoms with Gasteiger partial charge in [0, 0.05) is 16.5 Å². The number of para-hydroxylation sites is 1. The molecule has 0 aliphatic carbocycles. The van der Waals surface area contributed by atoms with Gasteiger partial charge in [0.1, 0.15) is 11.3 Å². The lowest BCUT2D eigenvalue weighted by Gasteiger charge is -2.07. The lowest BCUT2D eigenvalue weighted by atomic mass is 10.2. The average Bonchev–Trinajstić information content (AvgIpc) is 3.26. The van der Waals surface area contributed by atoms with Gasteiger partial charge >= 0.3 is 0 Å². The van der Waals surface area contributed by atoms with E-state index in [0.717, 1.165) is 26.6 Å². The van der Waals surface area contributed by atoms with Crippen LogP contribution >= 0.6 is 34.7 Å². The van der Waals surface area contributed by atoms with Gasteiger partial charge in [-0.2, -0.15) is 9.78 Å². The zero-order valence-electron chi connectivity index (χ0n) is 15.3. The maximum absolute atomic E-state index is 12.7. The van der Waals surface area contributed by atoms with Crippen LogP contribution < -0.4 is 5.32 Å². The first kappa shape index (κ1) is 19.0. The first-order valence-corrected chi connectivity index (χ1v) is 10.9. The van der Waals surface area contributed by atoms with E-state index >= 15 is 0 Å². The number of hydrogen-bond donors (Lipinski definition) is 1. The van der Waals surface area contributed by atoms with Crippen LogP contribution in [0.1, 0.15) is 23.0 Å². The Balaban J connectivity index is 1.63. The molecule has 0 saturated heterocycles. The SMILES string of the molecule is CCSc1ccc(C(=O)Nc2cc(C)nn2-c2nc3c(Cl)cccc3s2)cc1. The van der Waals surface area contributed by atoms with Crippen molar-refractivity contribution >= 4 is 56.6 Å². The molecule has 142 valence electrons. The minimum Gasteiger partial charge on any atom is -0.306 e. The number of thioether (sulfide) groups is 1. The fourth-order valence-corrected chi connectivity index (χ4v) is 4.68. The van der Waals surface area contributed by atoms with Crippen molar-refractivity contribution in [3.8, 4) is 5.13 Å². The first-order valence-electron chi connectivity index (χ1n) is 8.71. The van der Waals surface area contributed by atoms with Crippen molar-refractivity contribution < 1.29 is 4.79 Å². The summed E-state index contributed by atoms with van der Waals surface area (Å²) in [5, 5.41) is 8.69. The number of fused-ring (bicyclic) bond motifs is 1. The number of amides is 1. The molecule has 4 aromatic rings. The third-order valence-electron chi connectivity index (χ3n) is 4.04. The highest BCUT2D eigenvalue weighted by Crippen LogP contribution is 2.31. The van der Waals surface area contributed by atoms with Gasteiger partial charge in [-0.15, -0.1) is 11.8 Å². The van der Waals surface area contributed by atoms with Crippen molar-refractivity contribution in [2.75, 3.05) is 11.1 Å². The molecule has 0 spiro atoms. The molecule has 8 heteroatoms. The van der Waals surface area contributed by atoms with Crippen LogP contribution in [0.25, 0.3) is 15.3 Å². The maximum Gasteiger partial charge on any atom is 0.256 e. The molecule has 4 rings (SSSR count). The Kier molecular flexibility index (Phi) is 5.39. The van der Waals surface area contributed by atoms with Gasteiger partial charge in [0.05, 0.1) is 15.4 Å². The summed E-state index contributed by atoms with van der Waals surface area (Å²) in [7, 11) is 0. The average molecular weight is 429 g/mol. The molecule has 0 aliphatic heterocycles. The molecular formula is C20H17ClN4OS2. The number of benzene rings is 2. The second-order valence-electron chi connectivity index (χ2n) is 6.08. The Morgan fingerprint density at radius 3 is 2.75 bits per heavy atom. The van der Waals surface area contributed by atoms with Gasteiger partial charge in [-0.3, -0.25) is 4.79 Å². The Bertz CT molecular complexity index is 1150. The fourth-order valence-electron chi connectivity index (χ4n) is 2.79. The quantitative estimate of drug-likeness (QED) is 0.407. The highest BCUT2D eigenvalue weighted by atomic mass is 35.5. The van der Waals surface area contributed by atoms with Crippen molar-refractivity contribution in [2.45, 2.75) is 18.7 Å². The van der Waals surface area contributed by atoms with Gasteiger partial charge in [-0.05, 0) is 49.1 Å². The fraction of sp³-hybridized carbons (Fsp3) is 0.150. The summed E-state index contributed by atoms with van der Waals surface area (Å²) in [4.78, 5) is 18.5. The number of aromatic nitrogens is 3. The Labute approximate surface area is 175 Å². The molecule has 2 aromatic heterocycles. The predicted octanol–water partition coefficient (Wildman–Crippen LogP) is 5.81. The zero-order chi connectivity index (χ0) is 19.7. The smallest absolute Gasteiger partial charge is 0.256 e. The minimum absolute atomic E-state index is 0.187. The summed E-state index contributed by atoms with van der Waals surface area (Å²) >= 11 is 9.46. The molecule has 0 fully saturated rings. The second-order valence-corrected chi connectivity index (χ2v) is 8.83. The monoisotopic (exact) mass is 428 g/mol. The summed E-state index contributed by atoms with van der Waals surface area (Å²) in [6.07, 6.45) is 0. The van der Waals surface area contributed by atoms with Crippen LogP contribution in [-0.2, 0) is 0 Å². The number of thiazole rings is 1. The Hall–Kier alpha value is -2.35. The van der Waals surface area contributed by atoms with Crippen LogP contribution in [0.4, 0.5) is 5.82 Å². The minimum atomic E-state index is -0.187. The number of rotatable bonds is 5. The molecular weight excluding hydrogens is 412 g/mol. The second kappa shape index (κ2) is 7.95. The normalized spacial score (nSPS) is 11.1. The van der Waals surface area contributed by atoms with Crippen molar-refractivity contribution in [1.82, 2.24) is 14.8 Å². The van der Waals surface area contributed by atoms with E-state index < -0.39 is 0 Å². The lowest BCUT2D eigenvalue weighted by molar-refractivity contribution is 0.102. The summed E-state index contributed by atoms with van der Waals surface area (Å²) < 4.78 is 2.62. The molecule has 1 amide bonds. The number of carbonyl (C=O) groups excluding carboxylic acids is 1. The predicted molar refractivity (Wildman–Crippen MR) is 117 cm³/mol. The van der Waals surface area contributed by atoms with E-state index in [0.29, 0.717) is 21.5 Å². The van der Waals surface area contributed by atoms with Gasteiger partial charge in [0.2, 0.25) is 5.13 Å². The summed E-state index contributed by atoms with van der Waals surface area (Å²) in [5.74, 6) is 1.38. The number of anilines is 1. The van der Waals surface area contributed by atoms with Gasteiger partial charge in [-0.25, -0.2) is 4.98 Å². The van der Waals surface area contributed by atoms with Gasteiger partial charge in [0.25, 0.3) is 5.91 Å². The van der Waals surface area contributed by atoms with E-state index in [1.54, 1.807) is 16.4 Å². The highest BCUT2D eigenvalue weighted by molar-refractivity contribution is 7.99. The van der Waals surface area contributed by atoms with Gasteiger partial charge < -0.3 is 5.32 Å². The number of carbonyl (C=O) groups is 1. The summed E-state index contributed by atoms with van der Waals surface area (Å²) in [6, 6.07) is 15.1. The number of nitrogens with zero attached hydrogens (tertiary/aromatic N) is 3. The van der Waals surface area contributed by atoms with Crippen LogP contribution in [-0.4, -0.2) is 26.4 Å². The van der Waals surface area contributed by atoms with Crippen molar-refractivity contribution in [3.05, 3.63) is 64.8 Å². The molecule has 0 radical (unpaired) electrons. The topological polar surface area (TPSA) is 59.8 Å². The van der Waals surface area contributed by atoms with Crippen LogP contribution in [0.5, 0.6) is 0 Å². The molecule has 0 atom stereocenters. The third-order valence-corrected chi connectivity index (χ3v) is 6.24. The summed E-state index contributed by atoms with van der Waals surface area (Å²) in [6.45, 7) is 3.98. The van der Waals surface area contributed by atoms with Gasteiger partial charge in [-0.1, -0.05) is 35.9 Å². The third kappa shape index (κ3) is 3.78. The molecule has 0 aliphatic rings. The molecule has 2 aromatic carbocycles. The van der Waals surface area contributed by atoms with E-state index in [4.69, 9.17) is 11.6 Å². The standard InChI is InChI=1S/C20H17ClN4OS2/c1-3-27-14-9-7-13(8-10-14)19(26)22-17-11-12(2)24-25(17)20-23-18-15(21)5-4-6-16(18)28-20/h4-11H,3H2,1-2H3,(H,22,26). The maximum atomic E-state index is 12.7.